The Labute approximate surface area is 196 Å². The summed E-state index contributed by atoms with van der Waals surface area (Å²) in [5.41, 5.74) is 0.470. The maximum absolute atomic E-state index is 13.6. The summed E-state index contributed by atoms with van der Waals surface area (Å²) < 4.78 is 6.32. The maximum atomic E-state index is 13.6. The van der Waals surface area contributed by atoms with Gasteiger partial charge in [-0.25, -0.2) is 9.78 Å². The molecule has 3 aromatic rings. The lowest BCUT2D eigenvalue weighted by Crippen LogP contribution is -2.63. The van der Waals surface area contributed by atoms with Crippen LogP contribution in [0.15, 0.2) is 60.9 Å². The third-order valence-electron chi connectivity index (χ3n) is 5.75. The second-order valence-electron chi connectivity index (χ2n) is 8.02. The zero-order valence-corrected chi connectivity index (χ0v) is 19.0. The first kappa shape index (κ1) is 22.5. The Balaban J connectivity index is 1.70. The molecule has 0 saturated carbocycles. The van der Waals surface area contributed by atoms with Crippen molar-refractivity contribution in [3.05, 3.63) is 88.5 Å². The van der Waals surface area contributed by atoms with Crippen molar-refractivity contribution in [1.29, 1.82) is 0 Å². The Morgan fingerprint density at radius 3 is 2.58 bits per heavy atom. The fraction of sp³-hybridized carbons (Fsp3) is 0.250. The summed E-state index contributed by atoms with van der Waals surface area (Å²) in [7, 11) is 1.23. The molecule has 0 bridgehead atoms. The van der Waals surface area contributed by atoms with Crippen molar-refractivity contribution in [2.45, 2.75) is 32.1 Å². The zero-order chi connectivity index (χ0) is 23.6. The number of hydrogen-bond donors (Lipinski definition) is 1. The summed E-state index contributed by atoms with van der Waals surface area (Å²) in [5, 5.41) is 3.46. The first-order chi connectivity index (χ1) is 15.8. The van der Waals surface area contributed by atoms with Gasteiger partial charge in [-0.15, -0.1) is 0 Å². The van der Waals surface area contributed by atoms with Crippen LogP contribution in [0, 0.1) is 0 Å². The molecule has 2 aromatic carbocycles. The van der Waals surface area contributed by atoms with Crippen LogP contribution in [-0.2, 0) is 29.2 Å². The average molecular weight is 467 g/mol. The van der Waals surface area contributed by atoms with Crippen molar-refractivity contribution in [1.82, 2.24) is 19.8 Å². The molecule has 0 unspecified atom stereocenters. The molecule has 0 saturated heterocycles. The molecule has 1 aliphatic heterocycles. The average Bonchev–Trinajstić information content (AvgIpc) is 3.24. The number of fused-ring (bicyclic) bond motifs is 1. The highest BCUT2D eigenvalue weighted by molar-refractivity contribution is 6.30. The molecule has 1 aromatic heterocycles. The third-order valence-corrected chi connectivity index (χ3v) is 5.99. The number of rotatable bonds is 6. The number of nitrogens with zero attached hydrogens (tertiary/aromatic N) is 3. The second kappa shape index (κ2) is 9.07. The number of ether oxygens (including phenoxy) is 1. The van der Waals surface area contributed by atoms with Crippen LogP contribution in [0.4, 0.5) is 0 Å². The number of nitrogens with one attached hydrogen (secondary N) is 1. The molecule has 9 heteroatoms. The molecular weight excluding hydrogens is 444 g/mol. The van der Waals surface area contributed by atoms with E-state index in [4.69, 9.17) is 16.3 Å². The smallest absolute Gasteiger partial charge is 0.359 e. The van der Waals surface area contributed by atoms with Crippen molar-refractivity contribution >= 4 is 29.4 Å². The molecule has 0 fully saturated rings. The van der Waals surface area contributed by atoms with Crippen LogP contribution < -0.4 is 5.32 Å². The number of benzene rings is 2. The molecule has 2 amide bonds. The molecule has 1 N–H and O–H groups in total. The Morgan fingerprint density at radius 2 is 1.88 bits per heavy atom. The molecule has 33 heavy (non-hydrogen) atoms. The van der Waals surface area contributed by atoms with Gasteiger partial charge in [-0.3, -0.25) is 9.59 Å². The normalized spacial score (nSPS) is 17.4. The molecule has 4 rings (SSSR count). The Bertz CT molecular complexity index is 1210. The molecule has 0 aliphatic carbocycles. The van der Waals surface area contributed by atoms with E-state index >= 15 is 0 Å². The van der Waals surface area contributed by atoms with Crippen LogP contribution in [0.1, 0.15) is 39.0 Å². The second-order valence-corrected chi connectivity index (χ2v) is 8.46. The maximum Gasteiger partial charge on any atom is 0.359 e. The lowest BCUT2D eigenvalue weighted by atomic mass is 9.93. The van der Waals surface area contributed by atoms with Crippen LogP contribution in [0.25, 0.3) is 0 Å². The Morgan fingerprint density at radius 1 is 1.15 bits per heavy atom. The fourth-order valence-corrected chi connectivity index (χ4v) is 4.18. The number of aromatic nitrogens is 2. The summed E-state index contributed by atoms with van der Waals surface area (Å²) in [6.07, 6.45) is 1.39. The van der Waals surface area contributed by atoms with Crippen LogP contribution in [0.5, 0.6) is 0 Å². The number of carbonyl (C=O) groups excluding carboxylic acids is 3. The Hall–Kier alpha value is -3.65. The van der Waals surface area contributed by atoms with E-state index in [1.165, 1.54) is 22.9 Å². The van der Waals surface area contributed by atoms with Gasteiger partial charge >= 0.3 is 5.97 Å². The fourth-order valence-electron chi connectivity index (χ4n) is 3.97. The van der Waals surface area contributed by atoms with Gasteiger partial charge in [-0.2, -0.15) is 0 Å². The monoisotopic (exact) mass is 466 g/mol. The molecular formula is C24H23ClN4O4. The third kappa shape index (κ3) is 4.34. The van der Waals surface area contributed by atoms with Gasteiger partial charge in [0, 0.05) is 18.1 Å². The number of hydrogen-bond acceptors (Lipinski definition) is 5. The first-order valence-corrected chi connectivity index (χ1v) is 10.7. The molecule has 8 nitrogen and oxygen atoms in total. The van der Waals surface area contributed by atoms with Crippen LogP contribution in [0.3, 0.4) is 0 Å². The van der Waals surface area contributed by atoms with E-state index in [0.717, 1.165) is 11.1 Å². The van der Waals surface area contributed by atoms with Gasteiger partial charge in [0.25, 0.3) is 5.91 Å². The summed E-state index contributed by atoms with van der Waals surface area (Å²) in [5.74, 6) is -1.52. The Kier molecular flexibility index (Phi) is 6.20. The predicted molar refractivity (Wildman–Crippen MR) is 122 cm³/mol. The van der Waals surface area contributed by atoms with Crippen molar-refractivity contribution < 1.29 is 19.1 Å². The minimum absolute atomic E-state index is 0.0784. The van der Waals surface area contributed by atoms with E-state index in [-0.39, 0.29) is 30.4 Å². The molecule has 0 spiro atoms. The number of methoxy groups -OCH3 is 1. The SMILES string of the molecule is COC(=O)c1ncn2c1C(=O)N(Cc1cccc(Cl)c1)[C@](C)(C(=O)NCc1ccccc1)C2. The van der Waals surface area contributed by atoms with Gasteiger partial charge in [0.2, 0.25) is 5.91 Å². The largest absolute Gasteiger partial charge is 0.464 e. The van der Waals surface area contributed by atoms with Gasteiger partial charge in [-0.1, -0.05) is 54.1 Å². The number of carbonyl (C=O) groups is 3. The molecule has 0 radical (unpaired) electrons. The summed E-state index contributed by atoms with van der Waals surface area (Å²) in [6.45, 7) is 2.27. The highest BCUT2D eigenvalue weighted by atomic mass is 35.5. The van der Waals surface area contributed by atoms with Crippen LogP contribution in [-0.4, -0.2) is 44.9 Å². The van der Waals surface area contributed by atoms with E-state index in [1.54, 1.807) is 25.1 Å². The zero-order valence-electron chi connectivity index (χ0n) is 18.2. The highest BCUT2D eigenvalue weighted by Crippen LogP contribution is 2.31. The summed E-state index contributed by atoms with van der Waals surface area (Å²) in [4.78, 5) is 44.8. The van der Waals surface area contributed by atoms with E-state index < -0.39 is 17.4 Å². The van der Waals surface area contributed by atoms with Crippen molar-refractivity contribution in [2.75, 3.05) is 7.11 Å². The van der Waals surface area contributed by atoms with Crippen molar-refractivity contribution in [3.63, 3.8) is 0 Å². The molecule has 1 aliphatic rings. The van der Waals surface area contributed by atoms with Crippen LogP contribution >= 0.6 is 11.6 Å². The standard InChI is InChI=1S/C24H23ClN4O4/c1-24(23(32)26-12-16-7-4-3-5-8-16)14-28-15-27-19(22(31)33-2)20(28)21(30)29(24)13-17-9-6-10-18(25)11-17/h3-11,15H,12-14H2,1-2H3,(H,26,32)/t24-/m0/s1. The number of esters is 1. The van der Waals surface area contributed by atoms with Crippen LogP contribution in [0.2, 0.25) is 5.02 Å². The van der Waals surface area contributed by atoms with E-state index in [0.29, 0.717) is 11.6 Å². The van der Waals surface area contributed by atoms with E-state index in [9.17, 15) is 14.4 Å². The minimum atomic E-state index is -1.24. The topological polar surface area (TPSA) is 93.5 Å². The van der Waals surface area contributed by atoms with Gasteiger partial charge in [0.05, 0.1) is 20.0 Å². The number of halogens is 1. The lowest BCUT2D eigenvalue weighted by Gasteiger charge is -2.43. The van der Waals surface area contributed by atoms with Gasteiger partial charge in [0.15, 0.2) is 5.69 Å². The summed E-state index contributed by atoms with van der Waals surface area (Å²) >= 11 is 6.14. The minimum Gasteiger partial charge on any atom is -0.464 e. The van der Waals surface area contributed by atoms with Gasteiger partial charge in [-0.05, 0) is 30.2 Å². The highest BCUT2D eigenvalue weighted by Gasteiger charge is 2.48. The quantitative estimate of drug-likeness (QED) is 0.563. The summed E-state index contributed by atoms with van der Waals surface area (Å²) in [6, 6.07) is 16.6. The molecule has 170 valence electrons. The molecule has 1 atom stereocenters. The predicted octanol–water partition coefficient (Wildman–Crippen LogP) is 3.05. The van der Waals surface area contributed by atoms with Gasteiger partial charge < -0.3 is 19.5 Å². The first-order valence-electron chi connectivity index (χ1n) is 10.4. The van der Waals surface area contributed by atoms with Gasteiger partial charge in [0.1, 0.15) is 11.2 Å². The van der Waals surface area contributed by atoms with E-state index in [2.05, 4.69) is 10.3 Å². The van der Waals surface area contributed by atoms with E-state index in [1.807, 2.05) is 36.4 Å². The molecule has 2 heterocycles. The van der Waals surface area contributed by atoms with Crippen molar-refractivity contribution in [3.8, 4) is 0 Å². The lowest BCUT2D eigenvalue weighted by molar-refractivity contribution is -0.133. The number of imidazole rings is 1. The van der Waals surface area contributed by atoms with Crippen molar-refractivity contribution in [2.24, 2.45) is 0 Å². The number of amides is 2.